The normalized spacial score (nSPS) is 9.40. The molecule has 0 heterocycles. The van der Waals surface area contributed by atoms with Gasteiger partial charge in [0.2, 0.25) is 0 Å². The molecule has 52 valence electrons. The smallest absolute Gasteiger partial charge is 0.307 e. The molecule has 0 aliphatic heterocycles. The minimum atomic E-state index is 0.532. The first-order valence-electron chi connectivity index (χ1n) is 3.23. The Kier molecular flexibility index (Phi) is 2.51. The third kappa shape index (κ3) is 1.88. The molecule has 0 spiro atoms. The van der Waals surface area contributed by atoms with Gasteiger partial charge in [0.25, 0.3) is 0 Å². The van der Waals surface area contributed by atoms with E-state index in [1.54, 1.807) is 0 Å². The van der Waals surface area contributed by atoms with E-state index in [-0.39, 0.29) is 0 Å². The Morgan fingerprint density at radius 3 is 2.30 bits per heavy atom. The van der Waals surface area contributed by atoms with Crippen molar-refractivity contribution in [2.24, 2.45) is 0 Å². The molecule has 0 bridgehead atoms. The molecule has 0 atom stereocenters. The van der Waals surface area contributed by atoms with E-state index in [2.05, 4.69) is 19.1 Å². The molecule has 1 nitrogen and oxygen atoms in total. The molecule has 0 aromatic heterocycles. The molecule has 0 N–H and O–H groups in total. The Morgan fingerprint density at radius 2 is 1.80 bits per heavy atom. The van der Waals surface area contributed by atoms with Gasteiger partial charge in [-0.2, -0.15) is 0 Å². The summed E-state index contributed by atoms with van der Waals surface area (Å²) >= 11 is 0. The highest BCUT2D eigenvalue weighted by molar-refractivity contribution is 6.26. The predicted molar refractivity (Wildman–Crippen MR) is 43.4 cm³/mol. The lowest BCUT2D eigenvalue weighted by Crippen LogP contribution is -1.94. The Morgan fingerprint density at radius 1 is 1.20 bits per heavy atom. The van der Waals surface area contributed by atoms with Crippen molar-refractivity contribution in [2.45, 2.75) is 13.5 Å². The fraction of sp³-hybridized carbons (Fsp3) is 0.250. The van der Waals surface area contributed by atoms with Gasteiger partial charge in [-0.1, -0.05) is 17.7 Å². The molecule has 0 saturated carbocycles. The van der Waals surface area contributed by atoms with E-state index >= 15 is 0 Å². The molecule has 1 rings (SSSR count). The maximum atomic E-state index is 5.29. The molecule has 1 aromatic carbocycles. The Bertz CT molecular complexity index is 193. The lowest BCUT2D eigenvalue weighted by molar-refractivity contribution is 0.600. The van der Waals surface area contributed by atoms with Crippen molar-refractivity contribution < 1.29 is 4.43 Å². The van der Waals surface area contributed by atoms with Crippen molar-refractivity contribution in [3.63, 3.8) is 0 Å². The molecule has 0 unspecified atom stereocenters. The molecule has 0 amide bonds. The van der Waals surface area contributed by atoms with Crippen LogP contribution in [0.1, 0.15) is 5.56 Å². The number of benzene rings is 1. The number of rotatable bonds is 2. The Labute approximate surface area is 64.0 Å². The van der Waals surface area contributed by atoms with E-state index in [1.807, 2.05) is 18.7 Å². The molecule has 0 aliphatic rings. The van der Waals surface area contributed by atoms with E-state index in [1.165, 1.54) is 5.56 Å². The van der Waals surface area contributed by atoms with Crippen LogP contribution in [0.25, 0.3) is 0 Å². The van der Waals surface area contributed by atoms with E-state index in [4.69, 9.17) is 4.43 Å². The minimum absolute atomic E-state index is 0.532. The van der Waals surface area contributed by atoms with Gasteiger partial charge in [-0.25, -0.2) is 0 Å². The highest BCUT2D eigenvalue weighted by Gasteiger charge is 1.88. The summed E-state index contributed by atoms with van der Waals surface area (Å²) < 4.78 is 5.29. The summed E-state index contributed by atoms with van der Waals surface area (Å²) in [6.45, 7) is 4.08. The fourth-order valence-electron chi connectivity index (χ4n) is 0.724. The van der Waals surface area contributed by atoms with Crippen LogP contribution in [0.3, 0.4) is 0 Å². The molecule has 0 saturated heterocycles. The van der Waals surface area contributed by atoms with E-state index in [0.29, 0.717) is 9.76 Å². The maximum Gasteiger partial charge on any atom is 0.307 e. The zero-order chi connectivity index (χ0) is 7.40. The molecule has 1 aromatic rings. The van der Waals surface area contributed by atoms with Crippen LogP contribution in [-0.4, -0.2) is 9.76 Å². The van der Waals surface area contributed by atoms with Gasteiger partial charge >= 0.3 is 9.76 Å². The average molecular weight is 150 g/mol. The first kappa shape index (κ1) is 7.35. The second-order valence-electron chi connectivity index (χ2n) is 2.12. The van der Waals surface area contributed by atoms with Crippen LogP contribution in [0.15, 0.2) is 24.3 Å². The summed E-state index contributed by atoms with van der Waals surface area (Å²) in [6.07, 6.45) is 0. The second-order valence-corrected chi connectivity index (χ2v) is 2.73. The maximum absolute atomic E-state index is 5.29. The summed E-state index contributed by atoms with van der Waals surface area (Å²) in [7, 11) is 0.532. The van der Waals surface area contributed by atoms with Gasteiger partial charge in [0.1, 0.15) is 5.75 Å². The molecule has 0 aliphatic carbocycles. The SMILES string of the molecule is C[Si]Oc1ccc(C)cc1. The Balaban J connectivity index is 2.69. The molecular weight excluding hydrogens is 140 g/mol. The summed E-state index contributed by atoms with van der Waals surface area (Å²) in [5, 5.41) is 0. The van der Waals surface area contributed by atoms with Crippen LogP contribution in [-0.2, 0) is 0 Å². The summed E-state index contributed by atoms with van der Waals surface area (Å²) in [4.78, 5) is 0. The van der Waals surface area contributed by atoms with Gasteiger partial charge in [0, 0.05) is 0 Å². The topological polar surface area (TPSA) is 9.23 Å². The minimum Gasteiger partial charge on any atom is -0.541 e. The van der Waals surface area contributed by atoms with Crippen molar-refractivity contribution in [1.82, 2.24) is 0 Å². The van der Waals surface area contributed by atoms with Crippen LogP contribution in [0, 0.1) is 6.92 Å². The molecular formula is C8H10OSi. The molecule has 0 fully saturated rings. The van der Waals surface area contributed by atoms with Gasteiger partial charge in [-0.05, 0) is 25.6 Å². The van der Waals surface area contributed by atoms with Crippen LogP contribution >= 0.6 is 0 Å². The van der Waals surface area contributed by atoms with Crippen molar-refractivity contribution in [3.05, 3.63) is 29.8 Å². The predicted octanol–water partition coefficient (Wildman–Crippen LogP) is 2.04. The van der Waals surface area contributed by atoms with E-state index in [9.17, 15) is 0 Å². The summed E-state index contributed by atoms with van der Waals surface area (Å²) in [5.41, 5.74) is 1.27. The van der Waals surface area contributed by atoms with Crippen molar-refractivity contribution in [1.29, 1.82) is 0 Å². The van der Waals surface area contributed by atoms with Crippen molar-refractivity contribution in [2.75, 3.05) is 0 Å². The second kappa shape index (κ2) is 3.42. The molecule has 2 radical (unpaired) electrons. The summed E-state index contributed by atoms with van der Waals surface area (Å²) in [6, 6.07) is 8.09. The fourth-order valence-corrected chi connectivity index (χ4v) is 1.10. The van der Waals surface area contributed by atoms with E-state index < -0.39 is 0 Å². The van der Waals surface area contributed by atoms with Crippen LogP contribution in [0.4, 0.5) is 0 Å². The van der Waals surface area contributed by atoms with Gasteiger partial charge in [-0.3, -0.25) is 0 Å². The first-order valence-corrected chi connectivity index (χ1v) is 4.64. The number of hydrogen-bond acceptors (Lipinski definition) is 1. The third-order valence-corrected chi connectivity index (χ3v) is 1.68. The standard InChI is InChI=1S/C8H10OSi/c1-7-3-5-8(6-4-7)9-10-2/h3-6H,1-2H3. The average Bonchev–Trinajstić information content (AvgIpc) is 1.95. The number of aryl methyl sites for hydroxylation is 1. The van der Waals surface area contributed by atoms with E-state index in [0.717, 1.165) is 5.75 Å². The largest absolute Gasteiger partial charge is 0.541 e. The highest BCUT2D eigenvalue weighted by Crippen LogP contribution is 2.10. The lowest BCUT2D eigenvalue weighted by Gasteiger charge is -2.00. The van der Waals surface area contributed by atoms with Crippen molar-refractivity contribution >= 4 is 9.76 Å². The highest BCUT2D eigenvalue weighted by atomic mass is 28.2. The monoisotopic (exact) mass is 150 g/mol. The van der Waals surface area contributed by atoms with Gasteiger partial charge in [0.05, 0.1) is 0 Å². The third-order valence-electron chi connectivity index (χ3n) is 1.24. The molecule has 2 heteroatoms. The quantitative estimate of drug-likeness (QED) is 0.586. The zero-order valence-electron chi connectivity index (χ0n) is 6.22. The zero-order valence-corrected chi connectivity index (χ0v) is 7.22. The van der Waals surface area contributed by atoms with Crippen LogP contribution < -0.4 is 4.43 Å². The van der Waals surface area contributed by atoms with Gasteiger partial charge < -0.3 is 4.43 Å². The van der Waals surface area contributed by atoms with Gasteiger partial charge in [0.15, 0.2) is 0 Å². The first-order chi connectivity index (χ1) is 4.83. The Hall–Kier alpha value is -0.763. The summed E-state index contributed by atoms with van der Waals surface area (Å²) in [5.74, 6) is 0.964. The van der Waals surface area contributed by atoms with Gasteiger partial charge in [-0.15, -0.1) is 0 Å². The molecule has 10 heavy (non-hydrogen) atoms. The number of hydrogen-bond donors (Lipinski definition) is 0. The van der Waals surface area contributed by atoms with Crippen LogP contribution in [0.5, 0.6) is 5.75 Å². The van der Waals surface area contributed by atoms with Crippen molar-refractivity contribution in [3.8, 4) is 5.75 Å². The van der Waals surface area contributed by atoms with Crippen LogP contribution in [0.2, 0.25) is 6.55 Å². The lowest BCUT2D eigenvalue weighted by atomic mass is 10.2.